The lowest BCUT2D eigenvalue weighted by Crippen LogP contribution is -2.29. The van der Waals surface area contributed by atoms with E-state index in [0.717, 1.165) is 28.1 Å². The highest BCUT2D eigenvalue weighted by molar-refractivity contribution is 7.89. The molecule has 4 aromatic rings. The molecular weight excluding hydrogens is 470 g/mol. The fourth-order valence-electron chi connectivity index (χ4n) is 4.22. The first-order valence-corrected chi connectivity index (χ1v) is 12.3. The van der Waals surface area contributed by atoms with Gasteiger partial charge in [-0.1, -0.05) is 36.4 Å². The molecule has 1 aromatic heterocycles. The second-order valence-corrected chi connectivity index (χ2v) is 9.72. The fraction of sp³-hybridized carbons (Fsp3) is 0.200. The molecule has 35 heavy (non-hydrogen) atoms. The zero-order chi connectivity index (χ0) is 25.2. The van der Waals surface area contributed by atoms with Gasteiger partial charge in [0.2, 0.25) is 10.0 Å². The molecule has 4 rings (SSSR count). The summed E-state index contributed by atoms with van der Waals surface area (Å²) in [6, 6.07) is 17.0. The van der Waals surface area contributed by atoms with E-state index in [0.29, 0.717) is 17.1 Å². The summed E-state index contributed by atoms with van der Waals surface area (Å²) in [7, 11) is -0.997. The molecule has 1 atom stereocenters. The van der Waals surface area contributed by atoms with Crippen LogP contribution >= 0.6 is 0 Å². The number of ether oxygens (including phenoxy) is 2. The SMILES string of the molecule is COc1cccc(C(CNS(=O)(=O)c2cc([N+](=O)[O-])ccc2C)c2c[nH]c3ccccc23)c1OC. The molecule has 0 aliphatic heterocycles. The summed E-state index contributed by atoms with van der Waals surface area (Å²) in [5.41, 5.74) is 2.62. The van der Waals surface area contributed by atoms with Gasteiger partial charge in [-0.3, -0.25) is 10.1 Å². The Hall–Kier alpha value is -3.89. The van der Waals surface area contributed by atoms with Crippen molar-refractivity contribution < 1.29 is 22.8 Å². The number of non-ortho nitro benzene ring substituents is 1. The molecule has 182 valence electrons. The molecule has 1 heterocycles. The topological polar surface area (TPSA) is 124 Å². The van der Waals surface area contributed by atoms with Gasteiger partial charge in [0.05, 0.1) is 24.0 Å². The van der Waals surface area contributed by atoms with Crippen molar-refractivity contribution in [2.75, 3.05) is 20.8 Å². The molecule has 0 fully saturated rings. The first-order valence-electron chi connectivity index (χ1n) is 10.8. The number of nitrogens with zero attached hydrogens (tertiary/aromatic N) is 1. The minimum absolute atomic E-state index is 0.0180. The Balaban J connectivity index is 1.79. The summed E-state index contributed by atoms with van der Waals surface area (Å²) in [4.78, 5) is 13.7. The Morgan fingerprint density at radius 3 is 2.51 bits per heavy atom. The predicted octanol–water partition coefficient (Wildman–Crippen LogP) is 4.51. The van der Waals surface area contributed by atoms with Gasteiger partial charge in [-0.05, 0) is 30.2 Å². The number of sulfonamides is 1. The molecule has 0 aliphatic carbocycles. The molecule has 10 heteroatoms. The summed E-state index contributed by atoms with van der Waals surface area (Å²) >= 11 is 0. The number of rotatable bonds is 9. The van der Waals surface area contributed by atoms with Crippen molar-refractivity contribution in [2.24, 2.45) is 0 Å². The quantitative estimate of drug-likeness (QED) is 0.260. The van der Waals surface area contributed by atoms with Crippen LogP contribution < -0.4 is 14.2 Å². The van der Waals surface area contributed by atoms with Crippen LogP contribution in [0.1, 0.15) is 22.6 Å². The molecule has 3 aromatic carbocycles. The number of aryl methyl sites for hydroxylation is 1. The van der Waals surface area contributed by atoms with E-state index in [9.17, 15) is 18.5 Å². The van der Waals surface area contributed by atoms with E-state index in [1.54, 1.807) is 13.0 Å². The first-order chi connectivity index (χ1) is 16.8. The molecule has 2 N–H and O–H groups in total. The van der Waals surface area contributed by atoms with Gasteiger partial charge in [-0.15, -0.1) is 0 Å². The second-order valence-electron chi connectivity index (χ2n) is 7.98. The van der Waals surface area contributed by atoms with E-state index >= 15 is 0 Å². The minimum atomic E-state index is -4.07. The van der Waals surface area contributed by atoms with Gasteiger partial charge < -0.3 is 14.5 Å². The average molecular weight is 496 g/mol. The van der Waals surface area contributed by atoms with Crippen LogP contribution in [0, 0.1) is 17.0 Å². The summed E-state index contributed by atoms with van der Waals surface area (Å²) in [6.45, 7) is 1.58. The highest BCUT2D eigenvalue weighted by Gasteiger charge is 2.27. The lowest BCUT2D eigenvalue weighted by atomic mass is 9.90. The van der Waals surface area contributed by atoms with E-state index in [1.807, 2.05) is 42.6 Å². The third kappa shape index (κ3) is 4.71. The lowest BCUT2D eigenvalue weighted by Gasteiger charge is -2.22. The van der Waals surface area contributed by atoms with Crippen molar-refractivity contribution in [3.63, 3.8) is 0 Å². The number of H-pyrrole nitrogens is 1. The zero-order valence-electron chi connectivity index (χ0n) is 19.4. The number of nitro benzene ring substituents is 1. The maximum atomic E-state index is 13.3. The number of para-hydroxylation sites is 2. The molecule has 9 nitrogen and oxygen atoms in total. The molecule has 1 unspecified atom stereocenters. The summed E-state index contributed by atoms with van der Waals surface area (Å²) < 4.78 is 40.3. The van der Waals surface area contributed by atoms with E-state index in [4.69, 9.17) is 9.47 Å². The van der Waals surface area contributed by atoms with Crippen molar-refractivity contribution in [1.82, 2.24) is 9.71 Å². The third-order valence-electron chi connectivity index (χ3n) is 5.96. The molecule has 0 radical (unpaired) electrons. The van der Waals surface area contributed by atoms with Crippen LogP contribution in [-0.4, -0.2) is 39.1 Å². The Labute approximate surface area is 202 Å². The normalized spacial score (nSPS) is 12.4. The van der Waals surface area contributed by atoms with Crippen molar-refractivity contribution in [1.29, 1.82) is 0 Å². The maximum absolute atomic E-state index is 13.3. The third-order valence-corrected chi connectivity index (χ3v) is 7.52. The summed E-state index contributed by atoms with van der Waals surface area (Å²) in [5.74, 6) is 0.563. The van der Waals surface area contributed by atoms with E-state index < -0.39 is 20.9 Å². The van der Waals surface area contributed by atoms with Gasteiger partial charge in [0, 0.05) is 47.3 Å². The summed E-state index contributed by atoms with van der Waals surface area (Å²) in [5, 5.41) is 12.2. The van der Waals surface area contributed by atoms with Crippen LogP contribution in [0.25, 0.3) is 10.9 Å². The average Bonchev–Trinajstić information content (AvgIpc) is 3.28. The highest BCUT2D eigenvalue weighted by Crippen LogP contribution is 2.40. The van der Waals surface area contributed by atoms with Crippen molar-refractivity contribution in [3.05, 3.63) is 93.7 Å². The standard InChI is InChI=1S/C25H25N3O6S/c1-16-11-12-17(28(29)30)13-24(16)35(31,32)27-15-21(19-8-6-10-23(33-2)25(19)34-3)20-14-26-22-9-5-4-7-18(20)22/h4-14,21,26-27H,15H2,1-3H3. The number of fused-ring (bicyclic) bond motifs is 1. The minimum Gasteiger partial charge on any atom is -0.493 e. The number of methoxy groups -OCH3 is 2. The number of aromatic amines is 1. The molecule has 0 spiro atoms. The van der Waals surface area contributed by atoms with E-state index in [-0.39, 0.29) is 17.1 Å². The Kier molecular flexibility index (Phi) is 6.77. The van der Waals surface area contributed by atoms with E-state index in [2.05, 4.69) is 9.71 Å². The number of aromatic nitrogens is 1. The van der Waals surface area contributed by atoms with Crippen molar-refractivity contribution in [2.45, 2.75) is 17.7 Å². The van der Waals surface area contributed by atoms with Crippen molar-refractivity contribution in [3.8, 4) is 11.5 Å². The zero-order valence-corrected chi connectivity index (χ0v) is 20.3. The number of nitro groups is 1. The highest BCUT2D eigenvalue weighted by atomic mass is 32.2. The number of benzene rings is 3. The summed E-state index contributed by atoms with van der Waals surface area (Å²) in [6.07, 6.45) is 1.85. The van der Waals surface area contributed by atoms with Gasteiger partial charge in [0.1, 0.15) is 0 Å². The smallest absolute Gasteiger partial charge is 0.270 e. The fourth-order valence-corrected chi connectivity index (χ4v) is 5.53. The Morgan fingerprint density at radius 1 is 1.03 bits per heavy atom. The molecule has 0 bridgehead atoms. The van der Waals surface area contributed by atoms with Crippen LogP contribution in [0.15, 0.2) is 71.8 Å². The van der Waals surface area contributed by atoms with Crippen LogP contribution in [0.3, 0.4) is 0 Å². The molecule has 0 amide bonds. The Morgan fingerprint density at radius 2 is 1.80 bits per heavy atom. The number of nitrogens with one attached hydrogen (secondary N) is 2. The van der Waals surface area contributed by atoms with Gasteiger partial charge >= 0.3 is 0 Å². The van der Waals surface area contributed by atoms with Gasteiger partial charge in [0.25, 0.3) is 5.69 Å². The molecule has 0 saturated heterocycles. The second kappa shape index (κ2) is 9.77. The number of hydrogen-bond acceptors (Lipinski definition) is 6. The van der Waals surface area contributed by atoms with Crippen LogP contribution in [-0.2, 0) is 10.0 Å². The molecular formula is C25H25N3O6S. The predicted molar refractivity (Wildman–Crippen MR) is 133 cm³/mol. The lowest BCUT2D eigenvalue weighted by molar-refractivity contribution is -0.385. The van der Waals surface area contributed by atoms with Gasteiger partial charge in [-0.25, -0.2) is 13.1 Å². The van der Waals surface area contributed by atoms with E-state index in [1.165, 1.54) is 26.4 Å². The number of hydrogen-bond donors (Lipinski definition) is 2. The van der Waals surface area contributed by atoms with Gasteiger partial charge in [-0.2, -0.15) is 0 Å². The Bertz CT molecular complexity index is 1500. The van der Waals surface area contributed by atoms with Crippen LogP contribution in [0.4, 0.5) is 5.69 Å². The molecule has 0 saturated carbocycles. The molecule has 0 aliphatic rings. The van der Waals surface area contributed by atoms with Crippen LogP contribution in [0.2, 0.25) is 0 Å². The largest absolute Gasteiger partial charge is 0.493 e. The van der Waals surface area contributed by atoms with Gasteiger partial charge in [0.15, 0.2) is 11.5 Å². The monoisotopic (exact) mass is 495 g/mol. The van der Waals surface area contributed by atoms with Crippen molar-refractivity contribution >= 4 is 26.6 Å². The maximum Gasteiger partial charge on any atom is 0.270 e. The van der Waals surface area contributed by atoms with Crippen LogP contribution in [0.5, 0.6) is 11.5 Å². The first kappa shape index (κ1) is 24.2.